The monoisotopic (exact) mass is 200 g/mol. The van der Waals surface area contributed by atoms with Crippen molar-refractivity contribution >= 4 is 0 Å². The molecule has 86 valence electrons. The zero-order valence-corrected chi connectivity index (χ0v) is 10.3. The van der Waals surface area contributed by atoms with Gasteiger partial charge in [0.05, 0.1) is 6.10 Å². The van der Waals surface area contributed by atoms with E-state index in [0.717, 1.165) is 12.8 Å². The van der Waals surface area contributed by atoms with Gasteiger partial charge in [0.2, 0.25) is 0 Å². The second-order valence-electron chi connectivity index (χ2n) is 4.37. The molecule has 0 amide bonds. The number of hydrogen-bond acceptors (Lipinski definition) is 1. The van der Waals surface area contributed by atoms with Crippen LogP contribution in [0.25, 0.3) is 0 Å². The van der Waals surface area contributed by atoms with Crippen molar-refractivity contribution in [3.8, 4) is 0 Å². The fraction of sp³-hybridized carbons (Fsp3) is 1.00. The van der Waals surface area contributed by atoms with Crippen LogP contribution in [0.3, 0.4) is 0 Å². The zero-order valence-electron chi connectivity index (χ0n) is 10.3. The highest BCUT2D eigenvalue weighted by Gasteiger charge is 2.15. The van der Waals surface area contributed by atoms with Gasteiger partial charge in [-0.05, 0) is 18.8 Å². The standard InChI is InChI=1S/C13H28O/c1-4-7-9-11-13(14)12(6-3)10-8-5-2/h12-14H,4-11H2,1-3H3. The summed E-state index contributed by atoms with van der Waals surface area (Å²) in [6.07, 6.45) is 9.53. The molecule has 2 atom stereocenters. The highest BCUT2D eigenvalue weighted by atomic mass is 16.3. The lowest BCUT2D eigenvalue weighted by Crippen LogP contribution is -2.19. The Morgan fingerprint density at radius 3 is 2.00 bits per heavy atom. The molecule has 0 rings (SSSR count). The molecule has 0 aromatic carbocycles. The third kappa shape index (κ3) is 6.42. The number of aliphatic hydroxyl groups excluding tert-OH is 1. The summed E-state index contributed by atoms with van der Waals surface area (Å²) in [5.74, 6) is 0.548. The number of aliphatic hydroxyl groups is 1. The predicted molar refractivity (Wildman–Crippen MR) is 63.5 cm³/mol. The van der Waals surface area contributed by atoms with Gasteiger partial charge in [-0.25, -0.2) is 0 Å². The molecule has 0 bridgehead atoms. The van der Waals surface area contributed by atoms with Crippen molar-refractivity contribution in [3.63, 3.8) is 0 Å². The summed E-state index contributed by atoms with van der Waals surface area (Å²) in [5, 5.41) is 9.96. The second-order valence-corrected chi connectivity index (χ2v) is 4.37. The minimum Gasteiger partial charge on any atom is -0.393 e. The molecule has 0 aliphatic rings. The molecule has 0 fully saturated rings. The summed E-state index contributed by atoms with van der Waals surface area (Å²) in [6, 6.07) is 0. The molecule has 2 unspecified atom stereocenters. The van der Waals surface area contributed by atoms with Crippen LogP contribution >= 0.6 is 0 Å². The molecule has 0 aliphatic carbocycles. The van der Waals surface area contributed by atoms with Crippen LogP contribution in [0.4, 0.5) is 0 Å². The quantitative estimate of drug-likeness (QED) is 0.554. The second kappa shape index (κ2) is 9.51. The molecule has 0 saturated heterocycles. The summed E-state index contributed by atoms with van der Waals surface area (Å²) in [7, 11) is 0. The molecule has 0 aromatic heterocycles. The Hall–Kier alpha value is -0.0400. The third-order valence-electron chi connectivity index (χ3n) is 3.10. The van der Waals surface area contributed by atoms with E-state index in [0.29, 0.717) is 5.92 Å². The highest BCUT2D eigenvalue weighted by Crippen LogP contribution is 2.20. The van der Waals surface area contributed by atoms with Gasteiger partial charge in [0, 0.05) is 0 Å². The van der Waals surface area contributed by atoms with Gasteiger partial charge in [0.15, 0.2) is 0 Å². The third-order valence-corrected chi connectivity index (χ3v) is 3.10. The van der Waals surface area contributed by atoms with Crippen molar-refractivity contribution in [2.45, 2.75) is 78.2 Å². The SMILES string of the molecule is CCCCCC(O)C(CC)CCCC. The summed E-state index contributed by atoms with van der Waals surface area (Å²) in [5.41, 5.74) is 0. The predicted octanol–water partition coefficient (Wildman–Crippen LogP) is 4.14. The Morgan fingerprint density at radius 1 is 0.857 bits per heavy atom. The summed E-state index contributed by atoms with van der Waals surface area (Å²) in [4.78, 5) is 0. The van der Waals surface area contributed by atoms with E-state index >= 15 is 0 Å². The number of hydrogen-bond donors (Lipinski definition) is 1. The average molecular weight is 200 g/mol. The number of unbranched alkanes of at least 4 members (excludes halogenated alkanes) is 3. The number of rotatable bonds is 9. The van der Waals surface area contributed by atoms with Crippen LogP contribution in [0.1, 0.15) is 72.1 Å². The molecule has 0 spiro atoms. The van der Waals surface area contributed by atoms with Gasteiger partial charge in [-0.15, -0.1) is 0 Å². The molecule has 0 aliphatic heterocycles. The molecule has 0 heterocycles. The Balaban J connectivity index is 3.61. The van der Waals surface area contributed by atoms with Gasteiger partial charge in [-0.1, -0.05) is 59.3 Å². The molecule has 1 N–H and O–H groups in total. The topological polar surface area (TPSA) is 20.2 Å². The lowest BCUT2D eigenvalue weighted by atomic mass is 9.90. The normalized spacial score (nSPS) is 15.4. The smallest absolute Gasteiger partial charge is 0.0568 e. The first-order valence-electron chi connectivity index (χ1n) is 6.44. The van der Waals surface area contributed by atoms with E-state index in [-0.39, 0.29) is 6.10 Å². The van der Waals surface area contributed by atoms with Crippen molar-refractivity contribution in [2.24, 2.45) is 5.92 Å². The van der Waals surface area contributed by atoms with E-state index in [4.69, 9.17) is 0 Å². The van der Waals surface area contributed by atoms with Crippen LogP contribution in [0, 0.1) is 5.92 Å². The first-order valence-corrected chi connectivity index (χ1v) is 6.44. The van der Waals surface area contributed by atoms with Crippen LogP contribution in [0.5, 0.6) is 0 Å². The van der Waals surface area contributed by atoms with E-state index < -0.39 is 0 Å². The molecule has 14 heavy (non-hydrogen) atoms. The van der Waals surface area contributed by atoms with E-state index in [1.54, 1.807) is 0 Å². The van der Waals surface area contributed by atoms with Gasteiger partial charge < -0.3 is 5.11 Å². The fourth-order valence-corrected chi connectivity index (χ4v) is 1.97. The molecular weight excluding hydrogens is 172 g/mol. The van der Waals surface area contributed by atoms with Crippen LogP contribution in [-0.2, 0) is 0 Å². The van der Waals surface area contributed by atoms with Crippen LogP contribution in [0.2, 0.25) is 0 Å². The lowest BCUT2D eigenvalue weighted by Gasteiger charge is -2.21. The Kier molecular flexibility index (Phi) is 9.49. The Labute approximate surface area is 89.9 Å². The molecule has 0 radical (unpaired) electrons. The maximum absolute atomic E-state index is 9.96. The van der Waals surface area contributed by atoms with E-state index in [9.17, 15) is 5.11 Å². The van der Waals surface area contributed by atoms with Gasteiger partial charge in [0.1, 0.15) is 0 Å². The first-order chi connectivity index (χ1) is 6.76. The molecule has 1 nitrogen and oxygen atoms in total. The maximum atomic E-state index is 9.96. The van der Waals surface area contributed by atoms with Crippen molar-refractivity contribution < 1.29 is 5.11 Å². The van der Waals surface area contributed by atoms with Crippen molar-refractivity contribution in [1.82, 2.24) is 0 Å². The highest BCUT2D eigenvalue weighted by molar-refractivity contribution is 4.67. The minimum atomic E-state index is -0.0434. The zero-order chi connectivity index (χ0) is 10.8. The van der Waals surface area contributed by atoms with E-state index in [1.807, 2.05) is 0 Å². The minimum absolute atomic E-state index is 0.0434. The Morgan fingerprint density at radius 2 is 1.50 bits per heavy atom. The van der Waals surface area contributed by atoms with Gasteiger partial charge in [0.25, 0.3) is 0 Å². The molecule has 0 saturated carbocycles. The van der Waals surface area contributed by atoms with Gasteiger partial charge in [-0.2, -0.15) is 0 Å². The van der Waals surface area contributed by atoms with Crippen molar-refractivity contribution in [1.29, 1.82) is 0 Å². The van der Waals surface area contributed by atoms with E-state index in [1.165, 1.54) is 38.5 Å². The Bertz CT molecular complexity index is 112. The lowest BCUT2D eigenvalue weighted by molar-refractivity contribution is 0.0877. The van der Waals surface area contributed by atoms with Crippen LogP contribution < -0.4 is 0 Å². The van der Waals surface area contributed by atoms with Gasteiger partial charge >= 0.3 is 0 Å². The summed E-state index contributed by atoms with van der Waals surface area (Å²) in [6.45, 7) is 6.63. The molecule has 0 aromatic rings. The van der Waals surface area contributed by atoms with Crippen molar-refractivity contribution in [2.75, 3.05) is 0 Å². The summed E-state index contributed by atoms with van der Waals surface area (Å²) >= 11 is 0. The first kappa shape index (κ1) is 14.0. The van der Waals surface area contributed by atoms with Gasteiger partial charge in [-0.3, -0.25) is 0 Å². The fourth-order valence-electron chi connectivity index (χ4n) is 1.97. The maximum Gasteiger partial charge on any atom is 0.0568 e. The molecular formula is C13H28O. The average Bonchev–Trinajstić information content (AvgIpc) is 2.19. The van der Waals surface area contributed by atoms with Crippen LogP contribution in [0.15, 0.2) is 0 Å². The van der Waals surface area contributed by atoms with E-state index in [2.05, 4.69) is 20.8 Å². The van der Waals surface area contributed by atoms with Crippen LogP contribution in [-0.4, -0.2) is 11.2 Å². The van der Waals surface area contributed by atoms with Crippen molar-refractivity contribution in [3.05, 3.63) is 0 Å². The summed E-state index contributed by atoms with van der Waals surface area (Å²) < 4.78 is 0. The molecule has 1 heteroatoms. The largest absolute Gasteiger partial charge is 0.393 e.